The summed E-state index contributed by atoms with van der Waals surface area (Å²) in [6.45, 7) is 9.11. The quantitative estimate of drug-likeness (QED) is 0.137. The third-order valence-electron chi connectivity index (χ3n) is 4.27. The van der Waals surface area contributed by atoms with Crippen LogP contribution >= 0.6 is 0 Å². The van der Waals surface area contributed by atoms with Gasteiger partial charge in [0.1, 0.15) is 0 Å². The smallest absolute Gasteiger partial charge is 0.0701 e. The van der Waals surface area contributed by atoms with Crippen molar-refractivity contribution in [1.82, 2.24) is 5.43 Å². The van der Waals surface area contributed by atoms with Crippen LogP contribution in [0.2, 0.25) is 0 Å². The van der Waals surface area contributed by atoms with Gasteiger partial charge >= 0.3 is 0 Å². The Morgan fingerprint density at radius 3 is 1.25 bits per heavy atom. The fourth-order valence-corrected chi connectivity index (χ4v) is 2.63. The predicted molar refractivity (Wildman–Crippen MR) is 114 cm³/mol. The van der Waals surface area contributed by atoms with Crippen molar-refractivity contribution in [2.45, 2.75) is 64.7 Å². The Hall–Kier alpha value is -0.280. The molecule has 0 saturated carbocycles. The average Bonchev–Trinajstić information content (AvgIpc) is 2.71. The Balaban J connectivity index is 2.96. The molecule has 0 fully saturated rings. The summed E-state index contributed by atoms with van der Waals surface area (Å²) in [5.41, 5.74) is 2.53. The van der Waals surface area contributed by atoms with Crippen molar-refractivity contribution in [3.8, 4) is 0 Å². The molecule has 0 radical (unpaired) electrons. The molecule has 0 aliphatic rings. The van der Waals surface area contributed by atoms with E-state index in [4.69, 9.17) is 29.5 Å². The molecule has 7 heteroatoms. The third-order valence-corrected chi connectivity index (χ3v) is 4.27. The predicted octanol–water partition coefficient (Wildman–Crippen LogP) is 3.06. The lowest BCUT2D eigenvalue weighted by Crippen LogP contribution is -2.26. The number of rotatable bonds is 25. The first kappa shape index (κ1) is 27.7. The molecule has 28 heavy (non-hydrogen) atoms. The summed E-state index contributed by atoms with van der Waals surface area (Å²) < 4.78 is 27.2. The highest BCUT2D eigenvalue weighted by molar-refractivity contribution is 4.46. The van der Waals surface area contributed by atoms with Crippen LogP contribution in [0, 0.1) is 0 Å². The first-order valence-corrected chi connectivity index (χ1v) is 11.2. The number of nitrogens with one attached hydrogen (secondary N) is 1. The van der Waals surface area contributed by atoms with E-state index in [-0.39, 0.29) is 0 Å². The SMILES string of the molecule is CCCCCCCCCCCOCCOCCOCCOCCOCCNN. The number of ether oxygens (including phenoxy) is 5. The van der Waals surface area contributed by atoms with Crippen LogP contribution in [0.4, 0.5) is 0 Å². The lowest BCUT2D eigenvalue weighted by molar-refractivity contribution is -0.0110. The normalized spacial score (nSPS) is 11.4. The van der Waals surface area contributed by atoms with Gasteiger partial charge in [-0.2, -0.15) is 0 Å². The minimum absolute atomic E-state index is 0.570. The van der Waals surface area contributed by atoms with E-state index in [1.165, 1.54) is 51.4 Å². The summed E-state index contributed by atoms with van der Waals surface area (Å²) in [5, 5.41) is 0. The zero-order valence-electron chi connectivity index (χ0n) is 18.3. The van der Waals surface area contributed by atoms with Crippen LogP contribution in [0.15, 0.2) is 0 Å². The maximum absolute atomic E-state index is 5.59. The molecule has 0 unspecified atom stereocenters. The van der Waals surface area contributed by atoms with Crippen molar-refractivity contribution >= 4 is 0 Å². The van der Waals surface area contributed by atoms with E-state index in [0.717, 1.165) is 13.0 Å². The molecular weight excluding hydrogens is 360 g/mol. The van der Waals surface area contributed by atoms with Crippen molar-refractivity contribution in [3.63, 3.8) is 0 Å². The molecule has 170 valence electrons. The van der Waals surface area contributed by atoms with Gasteiger partial charge in [-0.25, -0.2) is 0 Å². The molecule has 3 N–H and O–H groups in total. The van der Waals surface area contributed by atoms with Crippen molar-refractivity contribution in [2.24, 2.45) is 5.84 Å². The third kappa shape index (κ3) is 25.7. The number of nitrogens with two attached hydrogens (primary N) is 1. The van der Waals surface area contributed by atoms with E-state index in [1.54, 1.807) is 0 Å². The van der Waals surface area contributed by atoms with Crippen LogP contribution < -0.4 is 11.3 Å². The number of hydrogen-bond donors (Lipinski definition) is 2. The van der Waals surface area contributed by atoms with Gasteiger partial charge in [-0.05, 0) is 6.42 Å². The number of hydrogen-bond acceptors (Lipinski definition) is 7. The fourth-order valence-electron chi connectivity index (χ4n) is 2.63. The zero-order valence-corrected chi connectivity index (χ0v) is 18.3. The van der Waals surface area contributed by atoms with Crippen LogP contribution in [0.25, 0.3) is 0 Å². The van der Waals surface area contributed by atoms with E-state index in [2.05, 4.69) is 12.3 Å². The summed E-state index contributed by atoms with van der Waals surface area (Å²) in [7, 11) is 0. The molecule has 0 saturated heterocycles. The molecule has 0 aliphatic carbocycles. The molecule has 0 aliphatic heterocycles. The average molecular weight is 407 g/mol. The molecule has 0 heterocycles. The van der Waals surface area contributed by atoms with Crippen molar-refractivity contribution in [3.05, 3.63) is 0 Å². The van der Waals surface area contributed by atoms with Gasteiger partial charge in [-0.3, -0.25) is 11.3 Å². The monoisotopic (exact) mass is 406 g/mol. The standard InChI is InChI=1S/C21H46N2O5/c1-2-3-4-5-6-7-8-9-10-12-24-14-16-26-18-20-28-21-19-27-17-15-25-13-11-23-22/h23H,2-22H2,1H3. The van der Waals surface area contributed by atoms with Gasteiger partial charge in [0, 0.05) is 13.2 Å². The summed E-state index contributed by atoms with van der Waals surface area (Å²) in [6, 6.07) is 0. The molecule has 0 bridgehead atoms. The molecule has 0 aromatic heterocycles. The Bertz CT molecular complexity index is 247. The Morgan fingerprint density at radius 1 is 0.464 bits per heavy atom. The van der Waals surface area contributed by atoms with Crippen molar-refractivity contribution in [1.29, 1.82) is 0 Å². The van der Waals surface area contributed by atoms with Crippen LogP contribution in [-0.4, -0.2) is 72.6 Å². The Morgan fingerprint density at radius 2 is 0.821 bits per heavy atom. The highest BCUT2D eigenvalue weighted by Gasteiger charge is 1.95. The molecule has 7 nitrogen and oxygen atoms in total. The molecule has 0 aromatic carbocycles. The minimum Gasteiger partial charge on any atom is -0.379 e. The second kappa shape index (κ2) is 26.7. The van der Waals surface area contributed by atoms with Crippen LogP contribution in [-0.2, 0) is 23.7 Å². The summed E-state index contributed by atoms with van der Waals surface area (Å²) >= 11 is 0. The van der Waals surface area contributed by atoms with Gasteiger partial charge in [0.2, 0.25) is 0 Å². The largest absolute Gasteiger partial charge is 0.379 e. The van der Waals surface area contributed by atoms with Crippen LogP contribution in [0.3, 0.4) is 0 Å². The summed E-state index contributed by atoms with van der Waals surface area (Å²) in [5.74, 6) is 5.13. The second-order valence-electron chi connectivity index (χ2n) is 6.84. The van der Waals surface area contributed by atoms with E-state index in [1.807, 2.05) is 0 Å². The summed E-state index contributed by atoms with van der Waals surface area (Å²) in [4.78, 5) is 0. The van der Waals surface area contributed by atoms with E-state index < -0.39 is 0 Å². The highest BCUT2D eigenvalue weighted by atomic mass is 16.6. The first-order valence-electron chi connectivity index (χ1n) is 11.2. The van der Waals surface area contributed by atoms with Gasteiger partial charge in [-0.15, -0.1) is 0 Å². The van der Waals surface area contributed by atoms with Crippen LogP contribution in [0.1, 0.15) is 64.7 Å². The molecule has 0 rings (SSSR count). The maximum Gasteiger partial charge on any atom is 0.0701 e. The molecular formula is C21H46N2O5. The zero-order chi connectivity index (χ0) is 20.4. The fraction of sp³-hybridized carbons (Fsp3) is 1.00. The minimum atomic E-state index is 0.570. The lowest BCUT2D eigenvalue weighted by atomic mass is 10.1. The van der Waals surface area contributed by atoms with Gasteiger partial charge in [0.05, 0.1) is 59.5 Å². The molecule has 0 atom stereocenters. The van der Waals surface area contributed by atoms with Gasteiger partial charge < -0.3 is 23.7 Å². The molecule has 0 aromatic rings. The van der Waals surface area contributed by atoms with Crippen LogP contribution in [0.5, 0.6) is 0 Å². The Kier molecular flexibility index (Phi) is 26.5. The highest BCUT2D eigenvalue weighted by Crippen LogP contribution is 2.09. The van der Waals surface area contributed by atoms with E-state index in [0.29, 0.717) is 66.0 Å². The molecule has 0 spiro atoms. The lowest BCUT2D eigenvalue weighted by Gasteiger charge is -2.08. The van der Waals surface area contributed by atoms with Gasteiger partial charge in [0.25, 0.3) is 0 Å². The number of unbranched alkanes of at least 4 members (excludes halogenated alkanes) is 8. The molecule has 0 amide bonds. The maximum atomic E-state index is 5.59. The second-order valence-corrected chi connectivity index (χ2v) is 6.84. The van der Waals surface area contributed by atoms with Crippen molar-refractivity contribution in [2.75, 3.05) is 72.6 Å². The van der Waals surface area contributed by atoms with Crippen molar-refractivity contribution < 1.29 is 23.7 Å². The first-order chi connectivity index (χ1) is 13.9. The summed E-state index contributed by atoms with van der Waals surface area (Å²) in [6.07, 6.45) is 12.1. The van der Waals surface area contributed by atoms with E-state index in [9.17, 15) is 0 Å². The topological polar surface area (TPSA) is 84.2 Å². The van der Waals surface area contributed by atoms with E-state index >= 15 is 0 Å². The van der Waals surface area contributed by atoms with Gasteiger partial charge in [-0.1, -0.05) is 58.3 Å². The Labute approximate surface area is 172 Å². The number of hydrazine groups is 1. The van der Waals surface area contributed by atoms with Gasteiger partial charge in [0.15, 0.2) is 0 Å².